The van der Waals surface area contributed by atoms with Crippen molar-refractivity contribution < 1.29 is 9.53 Å². The van der Waals surface area contributed by atoms with E-state index in [0.29, 0.717) is 6.04 Å². The number of rotatable bonds is 6. The molecule has 0 radical (unpaired) electrons. The molecule has 1 saturated carbocycles. The summed E-state index contributed by atoms with van der Waals surface area (Å²) in [5.41, 5.74) is 2.60. The zero-order chi connectivity index (χ0) is 21.9. The maximum atomic E-state index is 11.2. The first-order valence-corrected chi connectivity index (χ1v) is 11.9. The van der Waals surface area contributed by atoms with Crippen molar-refractivity contribution in [3.05, 3.63) is 36.4 Å². The van der Waals surface area contributed by atoms with Gasteiger partial charge in [0.2, 0.25) is 5.91 Å². The molecule has 5 rings (SSSR count). The van der Waals surface area contributed by atoms with E-state index >= 15 is 0 Å². The molecule has 7 nitrogen and oxygen atoms in total. The number of benzene rings is 1. The zero-order valence-corrected chi connectivity index (χ0v) is 18.8. The second kappa shape index (κ2) is 9.55. The average molecular weight is 436 g/mol. The molecule has 3 fully saturated rings. The lowest BCUT2D eigenvalue weighted by Crippen LogP contribution is -2.32. The van der Waals surface area contributed by atoms with Gasteiger partial charge < -0.3 is 20.3 Å². The molecule has 3 aliphatic rings. The summed E-state index contributed by atoms with van der Waals surface area (Å²) in [7, 11) is 0. The normalized spacial score (nSPS) is 26.1. The van der Waals surface area contributed by atoms with Gasteiger partial charge in [-0.2, -0.15) is 0 Å². The van der Waals surface area contributed by atoms with Crippen LogP contribution in [0.15, 0.2) is 36.4 Å². The first-order chi connectivity index (χ1) is 15.6. The summed E-state index contributed by atoms with van der Waals surface area (Å²) in [5, 5.41) is 15.2. The molecular weight excluding hydrogens is 402 g/mol. The minimum atomic E-state index is -0.0731. The van der Waals surface area contributed by atoms with Crippen LogP contribution in [0, 0.1) is 17.8 Å². The summed E-state index contributed by atoms with van der Waals surface area (Å²) in [5.74, 6) is 3.22. The predicted molar refractivity (Wildman–Crippen MR) is 125 cm³/mol. The molecule has 1 aliphatic carbocycles. The molecule has 2 aliphatic heterocycles. The number of carbonyl (C=O) groups is 1. The van der Waals surface area contributed by atoms with Gasteiger partial charge in [0.1, 0.15) is 5.82 Å². The topological polar surface area (TPSA) is 79.4 Å². The molecule has 3 heterocycles. The van der Waals surface area contributed by atoms with Gasteiger partial charge in [-0.05, 0) is 67.7 Å². The Morgan fingerprint density at radius 1 is 1.03 bits per heavy atom. The van der Waals surface area contributed by atoms with Crippen LogP contribution >= 0.6 is 0 Å². The minimum absolute atomic E-state index is 0.0731. The Hall–Kier alpha value is -2.51. The second-order valence-electron chi connectivity index (χ2n) is 9.67. The smallest absolute Gasteiger partial charge is 0.221 e. The Labute approximate surface area is 189 Å². The molecule has 1 amide bonds. The van der Waals surface area contributed by atoms with Gasteiger partial charge in [0, 0.05) is 57.1 Å². The Balaban J connectivity index is 1.11. The van der Waals surface area contributed by atoms with Crippen LogP contribution in [0.3, 0.4) is 0 Å². The van der Waals surface area contributed by atoms with Gasteiger partial charge in [0.15, 0.2) is 0 Å². The standard InChI is InChI=1S/C25H33N5O2/c1-17(31)26-22-4-2-19(3-5-22)24-6-7-25(29-28-24)27-23-12-20-15-30(16-21(20)13-23)14-18-8-10-32-11-9-18/h2-7,18,20-21,23H,8-16H2,1H3,(H,26,31)(H,27,29)/t20-,21?,23+/m1/s1. The SMILES string of the molecule is CC(=O)Nc1ccc(-c2ccc(N[C@@H]3CC4CN(CC5CCOCC5)C[C@H]4C3)nn2)cc1. The van der Waals surface area contributed by atoms with Crippen molar-refractivity contribution in [1.82, 2.24) is 15.1 Å². The third kappa shape index (κ3) is 5.10. The van der Waals surface area contributed by atoms with E-state index in [1.54, 1.807) is 0 Å². The summed E-state index contributed by atoms with van der Waals surface area (Å²) in [6.07, 6.45) is 4.90. The van der Waals surface area contributed by atoms with E-state index < -0.39 is 0 Å². The number of nitrogens with one attached hydrogen (secondary N) is 2. The fraction of sp³-hybridized carbons (Fsp3) is 0.560. The summed E-state index contributed by atoms with van der Waals surface area (Å²) in [4.78, 5) is 13.9. The average Bonchev–Trinajstić information content (AvgIpc) is 3.33. The molecule has 32 heavy (non-hydrogen) atoms. The van der Waals surface area contributed by atoms with Crippen LogP contribution in [-0.2, 0) is 9.53 Å². The van der Waals surface area contributed by atoms with Crippen molar-refractivity contribution in [2.75, 3.05) is 43.5 Å². The number of amides is 1. The molecule has 0 bridgehead atoms. The van der Waals surface area contributed by atoms with E-state index in [2.05, 4.69) is 25.7 Å². The van der Waals surface area contributed by atoms with Gasteiger partial charge in [-0.3, -0.25) is 4.79 Å². The van der Waals surface area contributed by atoms with Crippen molar-refractivity contribution in [2.45, 2.75) is 38.6 Å². The summed E-state index contributed by atoms with van der Waals surface area (Å²) >= 11 is 0. The highest BCUT2D eigenvalue weighted by atomic mass is 16.5. The van der Waals surface area contributed by atoms with Gasteiger partial charge >= 0.3 is 0 Å². The van der Waals surface area contributed by atoms with Crippen molar-refractivity contribution in [2.24, 2.45) is 17.8 Å². The van der Waals surface area contributed by atoms with Crippen LogP contribution in [0.1, 0.15) is 32.6 Å². The predicted octanol–water partition coefficient (Wildman–Crippen LogP) is 3.65. The summed E-state index contributed by atoms with van der Waals surface area (Å²) in [6.45, 7) is 7.15. The molecule has 3 atom stereocenters. The quantitative estimate of drug-likeness (QED) is 0.721. The van der Waals surface area contributed by atoms with E-state index in [4.69, 9.17) is 4.74 Å². The molecule has 2 aromatic rings. The molecule has 2 saturated heterocycles. The van der Waals surface area contributed by atoms with Gasteiger partial charge in [-0.25, -0.2) is 0 Å². The number of nitrogens with zero attached hydrogens (tertiary/aromatic N) is 3. The molecule has 170 valence electrons. The van der Waals surface area contributed by atoms with Crippen molar-refractivity contribution >= 4 is 17.4 Å². The molecule has 1 unspecified atom stereocenters. The number of likely N-dealkylation sites (tertiary alicyclic amines) is 1. The number of ether oxygens (including phenoxy) is 1. The van der Waals surface area contributed by atoms with Gasteiger partial charge in [0.25, 0.3) is 0 Å². The minimum Gasteiger partial charge on any atom is -0.381 e. The Bertz CT molecular complexity index is 897. The van der Waals surface area contributed by atoms with E-state index in [0.717, 1.165) is 53.7 Å². The lowest BCUT2D eigenvalue weighted by Gasteiger charge is -2.27. The van der Waals surface area contributed by atoms with Crippen LogP contribution < -0.4 is 10.6 Å². The summed E-state index contributed by atoms with van der Waals surface area (Å²) in [6, 6.07) is 12.2. The Kier molecular flexibility index (Phi) is 6.37. The first-order valence-electron chi connectivity index (χ1n) is 11.9. The van der Waals surface area contributed by atoms with E-state index in [-0.39, 0.29) is 5.91 Å². The number of carbonyl (C=O) groups excluding carboxylic acids is 1. The van der Waals surface area contributed by atoms with Crippen LogP contribution in [0.25, 0.3) is 11.3 Å². The van der Waals surface area contributed by atoms with Crippen molar-refractivity contribution in [3.8, 4) is 11.3 Å². The van der Waals surface area contributed by atoms with Gasteiger partial charge in [-0.1, -0.05) is 12.1 Å². The number of hydrogen-bond donors (Lipinski definition) is 2. The lowest BCUT2D eigenvalue weighted by atomic mass is 10.00. The monoisotopic (exact) mass is 435 g/mol. The molecule has 2 N–H and O–H groups in total. The summed E-state index contributed by atoms with van der Waals surface area (Å²) < 4.78 is 5.51. The Morgan fingerprint density at radius 3 is 2.38 bits per heavy atom. The third-order valence-corrected chi connectivity index (χ3v) is 7.20. The largest absolute Gasteiger partial charge is 0.381 e. The molecular formula is C25H33N5O2. The highest BCUT2D eigenvalue weighted by Crippen LogP contribution is 2.39. The highest BCUT2D eigenvalue weighted by Gasteiger charge is 2.41. The number of aromatic nitrogens is 2. The van der Waals surface area contributed by atoms with Crippen molar-refractivity contribution in [1.29, 1.82) is 0 Å². The van der Waals surface area contributed by atoms with Gasteiger partial charge in [-0.15, -0.1) is 10.2 Å². The van der Waals surface area contributed by atoms with E-state index in [1.165, 1.54) is 52.2 Å². The van der Waals surface area contributed by atoms with E-state index in [1.807, 2.05) is 36.4 Å². The van der Waals surface area contributed by atoms with Crippen LogP contribution in [0.5, 0.6) is 0 Å². The first kappa shape index (κ1) is 21.3. The second-order valence-corrected chi connectivity index (χ2v) is 9.67. The van der Waals surface area contributed by atoms with E-state index in [9.17, 15) is 4.79 Å². The number of anilines is 2. The molecule has 0 spiro atoms. The molecule has 7 heteroatoms. The van der Waals surface area contributed by atoms with Crippen LogP contribution in [0.2, 0.25) is 0 Å². The third-order valence-electron chi connectivity index (χ3n) is 7.20. The molecule has 1 aromatic carbocycles. The maximum Gasteiger partial charge on any atom is 0.221 e. The fourth-order valence-electron chi connectivity index (χ4n) is 5.66. The van der Waals surface area contributed by atoms with Crippen LogP contribution in [0.4, 0.5) is 11.5 Å². The van der Waals surface area contributed by atoms with Crippen molar-refractivity contribution in [3.63, 3.8) is 0 Å². The Morgan fingerprint density at radius 2 is 1.75 bits per heavy atom. The maximum absolute atomic E-state index is 11.2. The molecule has 1 aromatic heterocycles. The fourth-order valence-corrected chi connectivity index (χ4v) is 5.66. The highest BCUT2D eigenvalue weighted by molar-refractivity contribution is 5.88. The number of hydrogen-bond acceptors (Lipinski definition) is 6. The van der Waals surface area contributed by atoms with Gasteiger partial charge in [0.05, 0.1) is 5.69 Å². The van der Waals surface area contributed by atoms with Crippen LogP contribution in [-0.4, -0.2) is 59.9 Å². The lowest BCUT2D eigenvalue weighted by molar-refractivity contribution is -0.114. The number of fused-ring (bicyclic) bond motifs is 1. The zero-order valence-electron chi connectivity index (χ0n) is 18.8.